The maximum Gasteiger partial charge on any atom is 0.491 e. The van der Waals surface area contributed by atoms with E-state index in [2.05, 4.69) is 0 Å². The zero-order chi connectivity index (χ0) is 18.8. The molecule has 0 saturated carbocycles. The van der Waals surface area contributed by atoms with E-state index in [1.165, 1.54) is 11.3 Å². The van der Waals surface area contributed by atoms with Gasteiger partial charge in [0.2, 0.25) is 0 Å². The summed E-state index contributed by atoms with van der Waals surface area (Å²) in [4.78, 5) is 24.6. The van der Waals surface area contributed by atoms with E-state index in [0.717, 1.165) is 10.3 Å². The summed E-state index contributed by atoms with van der Waals surface area (Å²) < 4.78 is 16.8. The molecule has 0 amide bonds. The Morgan fingerprint density at radius 3 is 2.36 bits per heavy atom. The molecule has 0 atom stereocenters. The van der Waals surface area contributed by atoms with Crippen LogP contribution in [0.5, 0.6) is 0 Å². The highest BCUT2D eigenvalue weighted by Crippen LogP contribution is 2.38. The van der Waals surface area contributed by atoms with Crippen LogP contribution in [-0.4, -0.2) is 43.2 Å². The quantitative estimate of drug-likeness (QED) is 0.361. The number of hydrogen-bond donors (Lipinski definition) is 1. The van der Waals surface area contributed by atoms with E-state index >= 15 is 0 Å². The number of hydrogen-bond acceptors (Lipinski definition) is 7. The number of carbonyl (C=O) groups excluding carboxylic acids is 2. The first-order valence-electron chi connectivity index (χ1n) is 8.18. The van der Waals surface area contributed by atoms with E-state index in [4.69, 9.17) is 19.8 Å². The summed E-state index contributed by atoms with van der Waals surface area (Å²) in [6.45, 7) is 9.99. The van der Waals surface area contributed by atoms with Gasteiger partial charge in [-0.25, -0.2) is 4.79 Å². The van der Waals surface area contributed by atoms with E-state index in [9.17, 15) is 9.59 Å². The van der Waals surface area contributed by atoms with Gasteiger partial charge in [-0.15, -0.1) is 11.3 Å². The number of ketones is 1. The molecule has 2 rings (SSSR count). The molecule has 1 aromatic heterocycles. The van der Waals surface area contributed by atoms with Crippen molar-refractivity contribution in [2.75, 3.05) is 13.2 Å². The van der Waals surface area contributed by atoms with Crippen molar-refractivity contribution in [1.82, 2.24) is 0 Å². The van der Waals surface area contributed by atoms with Crippen molar-refractivity contribution in [1.29, 1.82) is 0 Å². The van der Waals surface area contributed by atoms with E-state index in [0.29, 0.717) is 4.88 Å². The second-order valence-electron chi connectivity index (χ2n) is 6.76. The molecule has 25 heavy (non-hydrogen) atoms. The highest BCUT2D eigenvalue weighted by atomic mass is 32.1. The van der Waals surface area contributed by atoms with Gasteiger partial charge in [-0.3, -0.25) is 4.79 Å². The Morgan fingerprint density at radius 1 is 1.24 bits per heavy atom. The normalized spacial score (nSPS) is 19.1. The second-order valence-corrected chi connectivity index (χ2v) is 7.88. The molecule has 0 bridgehead atoms. The third kappa shape index (κ3) is 4.20. The van der Waals surface area contributed by atoms with Crippen molar-refractivity contribution in [2.45, 2.75) is 45.8 Å². The van der Waals surface area contributed by atoms with Gasteiger partial charge in [0.25, 0.3) is 5.78 Å². The fourth-order valence-corrected chi connectivity index (χ4v) is 3.16. The summed E-state index contributed by atoms with van der Waals surface area (Å²) in [5.41, 5.74) is 5.74. The van der Waals surface area contributed by atoms with Crippen LogP contribution in [0.3, 0.4) is 0 Å². The molecule has 0 aliphatic carbocycles. The molecule has 2 N–H and O–H groups in total. The van der Waals surface area contributed by atoms with Gasteiger partial charge >= 0.3 is 13.1 Å². The van der Waals surface area contributed by atoms with Crippen molar-refractivity contribution < 1.29 is 23.6 Å². The van der Waals surface area contributed by atoms with E-state index in [1.54, 1.807) is 19.1 Å². The Labute approximate surface area is 152 Å². The van der Waals surface area contributed by atoms with Gasteiger partial charge < -0.3 is 19.8 Å². The lowest BCUT2D eigenvalue weighted by Gasteiger charge is -2.32. The summed E-state index contributed by atoms with van der Waals surface area (Å²) in [6, 6.07) is 3.37. The molecule has 1 fully saturated rings. The zero-order valence-electron chi connectivity index (χ0n) is 15.3. The molecule has 0 unspecified atom stereocenters. The number of Topliss-reactive ketones (excluding diaryl/α,β-unsaturated/α-hetero) is 1. The first kappa shape index (κ1) is 19.8. The lowest BCUT2D eigenvalue weighted by atomic mass is 9.77. The van der Waals surface area contributed by atoms with Gasteiger partial charge in [0.1, 0.15) is 0 Å². The van der Waals surface area contributed by atoms with Crippen LogP contribution in [0, 0.1) is 0 Å². The molecule has 136 valence electrons. The molecule has 6 nitrogen and oxygen atoms in total. The molecular formula is C17H24BNO5S. The van der Waals surface area contributed by atoms with Crippen LogP contribution in [0.15, 0.2) is 17.6 Å². The van der Waals surface area contributed by atoms with Crippen LogP contribution >= 0.6 is 11.3 Å². The minimum absolute atomic E-state index is 0.169. The second kappa shape index (κ2) is 7.41. The van der Waals surface area contributed by atoms with Gasteiger partial charge in [0.15, 0.2) is 0 Å². The Bertz CT molecular complexity index is 679. The summed E-state index contributed by atoms with van der Waals surface area (Å²) in [5.74, 6) is -1.48. The Hall–Kier alpha value is -1.48. The number of ether oxygens (including phenoxy) is 1. The molecule has 1 saturated heterocycles. The van der Waals surface area contributed by atoms with Crippen molar-refractivity contribution in [3.05, 3.63) is 27.4 Å². The average Bonchev–Trinajstić information content (AvgIpc) is 3.06. The fraction of sp³-hybridized carbons (Fsp3) is 0.529. The van der Waals surface area contributed by atoms with Crippen molar-refractivity contribution in [3.63, 3.8) is 0 Å². The maximum atomic E-state index is 12.0. The van der Waals surface area contributed by atoms with Crippen molar-refractivity contribution in [2.24, 2.45) is 5.73 Å². The van der Waals surface area contributed by atoms with Gasteiger partial charge in [0.05, 0.1) is 22.7 Å². The Balaban J connectivity index is 2.19. The van der Waals surface area contributed by atoms with Crippen LogP contribution in [0.4, 0.5) is 0 Å². The first-order chi connectivity index (χ1) is 11.6. The number of thiophene rings is 1. The first-order valence-corrected chi connectivity index (χ1v) is 9.00. The molecular weight excluding hydrogens is 341 g/mol. The van der Waals surface area contributed by atoms with Crippen LogP contribution in [-0.2, 0) is 18.8 Å². The largest absolute Gasteiger partial charge is 0.491 e. The zero-order valence-corrected chi connectivity index (χ0v) is 16.1. The third-order valence-electron chi connectivity index (χ3n) is 4.43. The van der Waals surface area contributed by atoms with E-state index < -0.39 is 30.1 Å². The minimum atomic E-state index is -0.843. The predicted octanol–water partition coefficient (Wildman–Crippen LogP) is 2.47. The predicted molar refractivity (Wildman–Crippen MR) is 98.4 cm³/mol. The fourth-order valence-electron chi connectivity index (χ4n) is 2.25. The number of rotatable bonds is 6. The van der Waals surface area contributed by atoms with E-state index in [-0.39, 0.29) is 13.2 Å². The standard InChI is InChI=1S/C17H24BNO5S/c1-6-22-15(21)14(20)13-8-7-12(25-13)9-11(10-19)18-23-16(2,3)17(4,5)24-18/h7-9H,6,10,19H2,1-5H3. The molecule has 8 heteroatoms. The third-order valence-corrected chi connectivity index (χ3v) is 5.46. The Kier molecular flexibility index (Phi) is 5.88. The lowest BCUT2D eigenvalue weighted by molar-refractivity contribution is -0.137. The monoisotopic (exact) mass is 365 g/mol. The van der Waals surface area contributed by atoms with Crippen molar-refractivity contribution in [3.8, 4) is 0 Å². The van der Waals surface area contributed by atoms with Gasteiger partial charge in [-0.1, -0.05) is 0 Å². The molecule has 0 spiro atoms. The smallest absolute Gasteiger partial charge is 0.460 e. The highest BCUT2D eigenvalue weighted by Gasteiger charge is 2.52. The Morgan fingerprint density at radius 2 is 1.84 bits per heavy atom. The molecule has 1 aliphatic rings. The molecule has 2 heterocycles. The lowest BCUT2D eigenvalue weighted by Crippen LogP contribution is -2.41. The molecule has 0 radical (unpaired) electrons. The average molecular weight is 365 g/mol. The van der Waals surface area contributed by atoms with Gasteiger partial charge in [0, 0.05) is 11.4 Å². The molecule has 1 aromatic rings. The summed E-state index contributed by atoms with van der Waals surface area (Å²) in [6.07, 6.45) is 1.84. The number of esters is 1. The van der Waals surface area contributed by atoms with Gasteiger partial charge in [-0.2, -0.15) is 0 Å². The molecule has 0 aromatic carbocycles. The minimum Gasteiger partial charge on any atom is -0.460 e. The highest BCUT2D eigenvalue weighted by molar-refractivity contribution is 7.15. The SMILES string of the molecule is CCOC(=O)C(=O)c1ccc(C=C(CN)B2OC(C)(C)C(C)(C)O2)s1. The van der Waals surface area contributed by atoms with Crippen molar-refractivity contribution >= 4 is 36.3 Å². The summed E-state index contributed by atoms with van der Waals surface area (Å²) in [7, 11) is -0.540. The van der Waals surface area contributed by atoms with Crippen LogP contribution < -0.4 is 5.73 Å². The topological polar surface area (TPSA) is 87.9 Å². The maximum absolute atomic E-state index is 12.0. The van der Waals surface area contributed by atoms with Crippen LogP contribution in [0.25, 0.3) is 6.08 Å². The summed E-state index contributed by atoms with van der Waals surface area (Å²) in [5, 5.41) is 0. The summed E-state index contributed by atoms with van der Waals surface area (Å²) >= 11 is 1.20. The number of nitrogens with two attached hydrogens (primary N) is 1. The van der Waals surface area contributed by atoms with Crippen LogP contribution in [0.2, 0.25) is 0 Å². The molecule has 1 aliphatic heterocycles. The van der Waals surface area contributed by atoms with E-state index in [1.807, 2.05) is 33.8 Å². The van der Waals surface area contributed by atoms with Gasteiger partial charge in [-0.05, 0) is 58.3 Å². The number of carbonyl (C=O) groups is 2. The van der Waals surface area contributed by atoms with Crippen LogP contribution in [0.1, 0.15) is 49.2 Å².